The summed E-state index contributed by atoms with van der Waals surface area (Å²) in [5.74, 6) is 1.22. The first-order chi connectivity index (χ1) is 18.9. The van der Waals surface area contributed by atoms with Crippen LogP contribution in [0.3, 0.4) is 0 Å². The standard InChI is InChI=1S/C29H29ClN6O3/c1-16-7-9-18(10-8-16)15-36-25-22(33-28(36)26(37)21-6-4-3-5-17(21)2)12-23(27-34-29(38)39-35-27)32-24(25)19-11-20(30)14-31-13-19/h3-6,11-14,16,18,26,37H,7-10,15H2,1-2H3,(H,34,35,38)/t16-,18-,26?. The van der Waals surface area contributed by atoms with Crippen LogP contribution in [0.5, 0.6) is 0 Å². The third-order valence-electron chi connectivity index (χ3n) is 7.72. The Hall–Kier alpha value is -3.82. The molecule has 4 aromatic heterocycles. The minimum Gasteiger partial charge on any atom is -0.380 e. The third-order valence-corrected chi connectivity index (χ3v) is 7.93. The highest BCUT2D eigenvalue weighted by Gasteiger charge is 2.28. The number of pyridine rings is 2. The second-order valence-corrected chi connectivity index (χ2v) is 11.0. The molecule has 1 saturated carbocycles. The Morgan fingerprint density at radius 3 is 2.67 bits per heavy atom. The van der Waals surface area contributed by atoms with Crippen LogP contribution in [0.1, 0.15) is 55.7 Å². The van der Waals surface area contributed by atoms with Gasteiger partial charge >= 0.3 is 5.76 Å². The Labute approximate surface area is 229 Å². The van der Waals surface area contributed by atoms with Gasteiger partial charge in [0.25, 0.3) is 0 Å². The van der Waals surface area contributed by atoms with Crippen molar-refractivity contribution in [3.63, 3.8) is 0 Å². The highest BCUT2D eigenvalue weighted by atomic mass is 35.5. The van der Waals surface area contributed by atoms with E-state index in [4.69, 9.17) is 26.1 Å². The smallest absolute Gasteiger partial charge is 0.380 e. The number of rotatable bonds is 6. The van der Waals surface area contributed by atoms with Crippen molar-refractivity contribution >= 4 is 22.6 Å². The monoisotopic (exact) mass is 544 g/mol. The SMILES string of the molecule is Cc1ccccc1C(O)c1nc2cc(-c3noc(=O)[nH]3)nc(-c3cncc(Cl)c3)c2n1C[C@H]1CC[C@H](C)CC1. The van der Waals surface area contributed by atoms with Gasteiger partial charge in [0.15, 0.2) is 0 Å². The Balaban J connectivity index is 1.60. The maximum atomic E-state index is 11.7. The molecule has 0 aliphatic heterocycles. The van der Waals surface area contributed by atoms with Gasteiger partial charge in [-0.1, -0.05) is 60.8 Å². The molecule has 4 heterocycles. The molecule has 0 spiro atoms. The number of fused-ring (bicyclic) bond motifs is 1. The average Bonchev–Trinajstić information content (AvgIpc) is 3.53. The second-order valence-electron chi connectivity index (χ2n) is 10.5. The highest BCUT2D eigenvalue weighted by molar-refractivity contribution is 6.30. The molecule has 0 bridgehead atoms. The van der Waals surface area contributed by atoms with E-state index in [1.54, 1.807) is 24.5 Å². The van der Waals surface area contributed by atoms with Gasteiger partial charge in [0.2, 0.25) is 5.82 Å². The molecule has 200 valence electrons. The zero-order valence-corrected chi connectivity index (χ0v) is 22.5. The average molecular weight is 545 g/mol. The number of nitrogens with zero attached hydrogens (tertiary/aromatic N) is 5. The molecule has 1 unspecified atom stereocenters. The minimum absolute atomic E-state index is 0.190. The third kappa shape index (κ3) is 4.99. The molecule has 6 rings (SSSR count). The van der Waals surface area contributed by atoms with Gasteiger partial charge in [0, 0.05) is 24.5 Å². The number of aryl methyl sites for hydroxylation is 1. The zero-order valence-electron chi connectivity index (χ0n) is 21.8. The number of aliphatic hydroxyl groups is 1. The Bertz CT molecular complexity index is 1700. The van der Waals surface area contributed by atoms with Crippen molar-refractivity contribution in [2.75, 3.05) is 0 Å². The molecule has 5 aromatic rings. The van der Waals surface area contributed by atoms with Crippen LogP contribution in [0.25, 0.3) is 33.8 Å². The molecule has 0 amide bonds. The summed E-state index contributed by atoms with van der Waals surface area (Å²) in [6.07, 6.45) is 6.90. The number of aliphatic hydroxyl groups excluding tert-OH is 1. The van der Waals surface area contributed by atoms with Crippen LogP contribution in [0.4, 0.5) is 0 Å². The van der Waals surface area contributed by atoms with Crippen molar-refractivity contribution in [3.8, 4) is 22.8 Å². The zero-order chi connectivity index (χ0) is 27.1. The van der Waals surface area contributed by atoms with Crippen LogP contribution in [-0.2, 0) is 6.54 Å². The number of nitrogens with one attached hydrogen (secondary N) is 1. The first-order valence-electron chi connectivity index (χ1n) is 13.2. The summed E-state index contributed by atoms with van der Waals surface area (Å²) in [5.41, 5.74) is 4.83. The number of imidazole rings is 1. The fourth-order valence-corrected chi connectivity index (χ4v) is 5.75. The fraction of sp³-hybridized carbons (Fsp3) is 0.345. The lowest BCUT2D eigenvalue weighted by Crippen LogP contribution is -2.20. The molecule has 1 fully saturated rings. The van der Waals surface area contributed by atoms with Gasteiger partial charge < -0.3 is 9.67 Å². The molecule has 1 aliphatic carbocycles. The summed E-state index contributed by atoms with van der Waals surface area (Å²) < 4.78 is 6.86. The number of H-pyrrole nitrogens is 1. The van der Waals surface area contributed by atoms with E-state index in [1.165, 1.54) is 12.8 Å². The molecule has 0 radical (unpaired) electrons. The lowest BCUT2D eigenvalue weighted by atomic mass is 9.83. The van der Waals surface area contributed by atoms with E-state index in [9.17, 15) is 9.90 Å². The number of halogens is 1. The van der Waals surface area contributed by atoms with Crippen molar-refractivity contribution in [3.05, 3.63) is 81.3 Å². The lowest BCUT2D eigenvalue weighted by Gasteiger charge is -2.28. The van der Waals surface area contributed by atoms with Crippen molar-refractivity contribution in [2.24, 2.45) is 11.8 Å². The van der Waals surface area contributed by atoms with E-state index in [2.05, 4.69) is 26.6 Å². The molecule has 10 heteroatoms. The van der Waals surface area contributed by atoms with E-state index in [0.717, 1.165) is 35.4 Å². The first-order valence-corrected chi connectivity index (χ1v) is 13.6. The second kappa shape index (κ2) is 10.4. The summed E-state index contributed by atoms with van der Waals surface area (Å²) >= 11 is 6.34. The normalized spacial score (nSPS) is 18.5. The maximum Gasteiger partial charge on any atom is 0.439 e. The first kappa shape index (κ1) is 25.5. The number of hydrogen-bond acceptors (Lipinski definition) is 7. The molecular formula is C29H29ClN6O3. The van der Waals surface area contributed by atoms with Crippen LogP contribution in [0.15, 0.2) is 58.1 Å². The predicted octanol–water partition coefficient (Wildman–Crippen LogP) is 5.71. The molecule has 1 atom stereocenters. The Morgan fingerprint density at radius 1 is 1.15 bits per heavy atom. The quantitative estimate of drug-likeness (QED) is 0.281. The van der Waals surface area contributed by atoms with E-state index in [1.807, 2.05) is 31.2 Å². The number of aromatic nitrogens is 6. The Kier molecular flexibility index (Phi) is 6.78. The van der Waals surface area contributed by atoms with Gasteiger partial charge in [-0.25, -0.2) is 14.8 Å². The van der Waals surface area contributed by atoms with Crippen molar-refractivity contribution in [1.82, 2.24) is 29.7 Å². The van der Waals surface area contributed by atoms with Gasteiger partial charge in [-0.05, 0) is 54.9 Å². The predicted molar refractivity (Wildman–Crippen MR) is 148 cm³/mol. The van der Waals surface area contributed by atoms with E-state index in [-0.39, 0.29) is 5.82 Å². The topological polar surface area (TPSA) is 123 Å². The summed E-state index contributed by atoms with van der Waals surface area (Å²) in [7, 11) is 0. The van der Waals surface area contributed by atoms with Gasteiger partial charge in [-0.2, -0.15) is 0 Å². The molecule has 1 aromatic carbocycles. The van der Waals surface area contributed by atoms with Gasteiger partial charge in [0.05, 0.1) is 21.7 Å². The highest BCUT2D eigenvalue weighted by Crippen LogP contribution is 2.37. The van der Waals surface area contributed by atoms with Crippen molar-refractivity contribution < 1.29 is 9.63 Å². The van der Waals surface area contributed by atoms with Gasteiger partial charge in [-0.3, -0.25) is 14.5 Å². The van der Waals surface area contributed by atoms with E-state index >= 15 is 0 Å². The molecule has 0 saturated heterocycles. The van der Waals surface area contributed by atoms with Gasteiger partial charge in [-0.15, -0.1) is 0 Å². The van der Waals surface area contributed by atoms with Gasteiger partial charge in [0.1, 0.15) is 17.6 Å². The van der Waals surface area contributed by atoms with Crippen LogP contribution in [0.2, 0.25) is 5.02 Å². The lowest BCUT2D eigenvalue weighted by molar-refractivity contribution is 0.197. The summed E-state index contributed by atoms with van der Waals surface area (Å²) in [5, 5.41) is 16.0. The molecule has 9 nitrogen and oxygen atoms in total. The maximum absolute atomic E-state index is 11.7. The summed E-state index contributed by atoms with van der Waals surface area (Å²) in [6, 6.07) is 11.3. The molecule has 1 aliphatic rings. The van der Waals surface area contributed by atoms with Crippen LogP contribution >= 0.6 is 11.6 Å². The Morgan fingerprint density at radius 2 is 1.95 bits per heavy atom. The van der Waals surface area contributed by atoms with Crippen LogP contribution in [0, 0.1) is 18.8 Å². The summed E-state index contributed by atoms with van der Waals surface area (Å²) in [4.78, 5) is 28.4. The minimum atomic E-state index is -0.943. The largest absolute Gasteiger partial charge is 0.439 e. The molecular weight excluding hydrogens is 516 g/mol. The van der Waals surface area contributed by atoms with E-state index in [0.29, 0.717) is 45.8 Å². The van der Waals surface area contributed by atoms with Crippen molar-refractivity contribution in [1.29, 1.82) is 0 Å². The van der Waals surface area contributed by atoms with Crippen LogP contribution < -0.4 is 5.76 Å². The fourth-order valence-electron chi connectivity index (χ4n) is 5.57. The number of aromatic amines is 1. The number of benzene rings is 1. The molecule has 2 N–H and O–H groups in total. The van der Waals surface area contributed by atoms with Crippen LogP contribution in [-0.4, -0.2) is 34.8 Å². The molecule has 39 heavy (non-hydrogen) atoms. The van der Waals surface area contributed by atoms with Crippen molar-refractivity contribution in [2.45, 2.75) is 52.2 Å². The summed E-state index contributed by atoms with van der Waals surface area (Å²) in [6.45, 7) is 4.99. The number of hydrogen-bond donors (Lipinski definition) is 2. The van der Waals surface area contributed by atoms with E-state index < -0.39 is 11.9 Å².